The first-order valence-corrected chi connectivity index (χ1v) is 6.74. The molecule has 5 heteroatoms. The molecule has 18 heavy (non-hydrogen) atoms. The average Bonchev–Trinajstić information content (AvgIpc) is 2.69. The van der Waals surface area contributed by atoms with Crippen LogP contribution in [0.3, 0.4) is 0 Å². The lowest BCUT2D eigenvalue weighted by Gasteiger charge is -2.29. The Bertz CT molecular complexity index is 400. The van der Waals surface area contributed by atoms with Gasteiger partial charge >= 0.3 is 0 Å². The summed E-state index contributed by atoms with van der Waals surface area (Å²) in [5.74, 6) is 1.36. The van der Waals surface area contributed by atoms with Gasteiger partial charge in [0.1, 0.15) is 5.82 Å². The zero-order valence-electron chi connectivity index (χ0n) is 10.9. The second kappa shape index (κ2) is 5.87. The third-order valence-electron chi connectivity index (χ3n) is 3.25. The molecule has 1 fully saturated rings. The van der Waals surface area contributed by atoms with Gasteiger partial charge in [0.15, 0.2) is 0 Å². The Labute approximate surface area is 113 Å². The molecule has 0 spiro atoms. The van der Waals surface area contributed by atoms with Crippen LogP contribution in [0.4, 0.5) is 5.82 Å². The van der Waals surface area contributed by atoms with E-state index < -0.39 is 0 Å². The Kier molecular flexibility index (Phi) is 4.43. The summed E-state index contributed by atoms with van der Waals surface area (Å²) >= 11 is 5.96. The molecule has 1 aromatic rings. The van der Waals surface area contributed by atoms with Gasteiger partial charge in [0.05, 0.1) is 12.0 Å². The van der Waals surface area contributed by atoms with E-state index in [0.717, 1.165) is 24.3 Å². The molecule has 2 heterocycles. The molecule has 1 saturated heterocycles. The van der Waals surface area contributed by atoms with E-state index in [0.29, 0.717) is 18.5 Å². The standard InChI is InChI=1S/C13H20ClN3O/c1-16(2)8-11-6-12(18)9-17(11)13-10(7-14)4-3-5-15-13/h3-5,11-12,18H,6-9H2,1-2H3. The quantitative estimate of drug-likeness (QED) is 0.837. The summed E-state index contributed by atoms with van der Waals surface area (Å²) < 4.78 is 0. The highest BCUT2D eigenvalue weighted by Gasteiger charge is 2.32. The van der Waals surface area contributed by atoms with E-state index in [9.17, 15) is 5.11 Å². The van der Waals surface area contributed by atoms with Crippen molar-refractivity contribution in [2.75, 3.05) is 32.1 Å². The van der Waals surface area contributed by atoms with Crippen LogP contribution >= 0.6 is 11.6 Å². The largest absolute Gasteiger partial charge is 0.391 e. The lowest BCUT2D eigenvalue weighted by Crippen LogP contribution is -2.38. The SMILES string of the molecule is CN(C)CC1CC(O)CN1c1ncccc1CCl. The highest BCUT2D eigenvalue weighted by Crippen LogP contribution is 2.28. The van der Waals surface area contributed by atoms with Gasteiger partial charge in [0.25, 0.3) is 0 Å². The third-order valence-corrected chi connectivity index (χ3v) is 3.54. The Hall–Kier alpha value is -0.840. The Morgan fingerprint density at radius 1 is 1.56 bits per heavy atom. The molecule has 1 aromatic heterocycles. The zero-order valence-corrected chi connectivity index (χ0v) is 11.6. The van der Waals surface area contributed by atoms with Gasteiger partial charge in [-0.25, -0.2) is 4.98 Å². The van der Waals surface area contributed by atoms with Gasteiger partial charge in [-0.3, -0.25) is 0 Å². The molecule has 100 valence electrons. The molecular weight excluding hydrogens is 250 g/mol. The van der Waals surface area contributed by atoms with Gasteiger partial charge in [-0.15, -0.1) is 11.6 Å². The van der Waals surface area contributed by atoms with Gasteiger partial charge in [0, 0.05) is 30.9 Å². The number of aliphatic hydroxyl groups is 1. The monoisotopic (exact) mass is 269 g/mol. The van der Waals surface area contributed by atoms with E-state index in [1.807, 2.05) is 26.2 Å². The van der Waals surface area contributed by atoms with Gasteiger partial charge in [0.2, 0.25) is 0 Å². The molecule has 2 rings (SSSR count). The van der Waals surface area contributed by atoms with E-state index in [1.165, 1.54) is 0 Å². The van der Waals surface area contributed by atoms with Crippen molar-refractivity contribution in [1.29, 1.82) is 0 Å². The van der Waals surface area contributed by atoms with Gasteiger partial charge in [-0.05, 0) is 26.6 Å². The van der Waals surface area contributed by atoms with Crippen molar-refractivity contribution in [3.05, 3.63) is 23.9 Å². The number of nitrogens with zero attached hydrogens (tertiary/aromatic N) is 3. The maximum Gasteiger partial charge on any atom is 0.133 e. The number of aliphatic hydroxyl groups excluding tert-OH is 1. The van der Waals surface area contributed by atoms with E-state index >= 15 is 0 Å². The first kappa shape index (κ1) is 13.6. The normalized spacial score (nSPS) is 23.9. The summed E-state index contributed by atoms with van der Waals surface area (Å²) in [5.41, 5.74) is 1.03. The van der Waals surface area contributed by atoms with Crippen molar-refractivity contribution in [1.82, 2.24) is 9.88 Å². The summed E-state index contributed by atoms with van der Waals surface area (Å²) in [4.78, 5) is 8.76. The summed E-state index contributed by atoms with van der Waals surface area (Å²) in [5, 5.41) is 9.89. The minimum atomic E-state index is -0.278. The Balaban J connectivity index is 2.24. The van der Waals surface area contributed by atoms with Crippen molar-refractivity contribution in [3.63, 3.8) is 0 Å². The molecule has 0 radical (unpaired) electrons. The van der Waals surface area contributed by atoms with Crippen LogP contribution in [0.1, 0.15) is 12.0 Å². The van der Waals surface area contributed by atoms with Crippen LogP contribution in [-0.4, -0.2) is 54.3 Å². The molecule has 1 aliphatic rings. The maximum atomic E-state index is 9.89. The highest BCUT2D eigenvalue weighted by molar-refractivity contribution is 6.17. The van der Waals surface area contributed by atoms with Crippen molar-refractivity contribution in [2.24, 2.45) is 0 Å². The molecule has 1 N–H and O–H groups in total. The molecular formula is C13H20ClN3O. The number of aromatic nitrogens is 1. The Morgan fingerprint density at radius 2 is 2.33 bits per heavy atom. The fraction of sp³-hybridized carbons (Fsp3) is 0.615. The minimum Gasteiger partial charge on any atom is -0.391 e. The van der Waals surface area contributed by atoms with Crippen LogP contribution < -0.4 is 4.90 Å². The number of β-amino-alcohol motifs (C(OH)–C–C–N with tert-alkyl or cyclic N) is 1. The van der Waals surface area contributed by atoms with Gasteiger partial charge in [-0.2, -0.15) is 0 Å². The average molecular weight is 270 g/mol. The van der Waals surface area contributed by atoms with Crippen molar-refractivity contribution in [3.8, 4) is 0 Å². The second-order valence-corrected chi connectivity index (χ2v) is 5.34. The van der Waals surface area contributed by atoms with Crippen LogP contribution in [0.25, 0.3) is 0 Å². The number of hydrogen-bond donors (Lipinski definition) is 1. The van der Waals surface area contributed by atoms with Crippen molar-refractivity contribution < 1.29 is 5.11 Å². The minimum absolute atomic E-state index is 0.278. The predicted octanol–water partition coefficient (Wildman–Crippen LogP) is 1.32. The fourth-order valence-electron chi connectivity index (χ4n) is 2.54. The smallest absolute Gasteiger partial charge is 0.133 e. The van der Waals surface area contributed by atoms with Crippen molar-refractivity contribution >= 4 is 17.4 Å². The summed E-state index contributed by atoms with van der Waals surface area (Å²) in [6.07, 6.45) is 2.29. The number of halogens is 1. The molecule has 0 aliphatic carbocycles. The first-order chi connectivity index (χ1) is 8.61. The zero-order chi connectivity index (χ0) is 13.1. The topological polar surface area (TPSA) is 39.6 Å². The number of rotatable bonds is 4. The van der Waals surface area contributed by atoms with Gasteiger partial charge < -0.3 is 14.9 Å². The first-order valence-electron chi connectivity index (χ1n) is 6.21. The number of alkyl halides is 1. The molecule has 0 saturated carbocycles. The molecule has 0 amide bonds. The van der Waals surface area contributed by atoms with E-state index in [4.69, 9.17) is 11.6 Å². The third kappa shape index (κ3) is 2.94. The lowest BCUT2D eigenvalue weighted by molar-refractivity contribution is 0.191. The number of likely N-dealkylation sites (N-methyl/N-ethyl adjacent to an activating group) is 1. The molecule has 0 aromatic carbocycles. The predicted molar refractivity (Wildman–Crippen MR) is 74.1 cm³/mol. The van der Waals surface area contributed by atoms with Crippen molar-refractivity contribution in [2.45, 2.75) is 24.4 Å². The van der Waals surface area contributed by atoms with Gasteiger partial charge in [-0.1, -0.05) is 6.07 Å². The molecule has 1 aliphatic heterocycles. The highest BCUT2D eigenvalue weighted by atomic mass is 35.5. The Morgan fingerprint density at radius 3 is 3.00 bits per heavy atom. The van der Waals surface area contributed by atoms with Crippen LogP contribution in [0.5, 0.6) is 0 Å². The van der Waals surface area contributed by atoms with Crippen LogP contribution in [0, 0.1) is 0 Å². The maximum absolute atomic E-state index is 9.89. The molecule has 2 unspecified atom stereocenters. The van der Waals surface area contributed by atoms with Crippen LogP contribution in [-0.2, 0) is 5.88 Å². The van der Waals surface area contributed by atoms with E-state index in [2.05, 4.69) is 14.8 Å². The van der Waals surface area contributed by atoms with E-state index in [-0.39, 0.29) is 6.10 Å². The molecule has 2 atom stereocenters. The second-order valence-electron chi connectivity index (χ2n) is 5.08. The summed E-state index contributed by atoms with van der Waals surface area (Å²) in [6, 6.07) is 4.19. The summed E-state index contributed by atoms with van der Waals surface area (Å²) in [7, 11) is 4.09. The lowest BCUT2D eigenvalue weighted by atomic mass is 10.2. The number of pyridine rings is 1. The number of hydrogen-bond acceptors (Lipinski definition) is 4. The summed E-state index contributed by atoms with van der Waals surface area (Å²) in [6.45, 7) is 1.55. The van der Waals surface area contributed by atoms with E-state index in [1.54, 1.807) is 6.20 Å². The molecule has 0 bridgehead atoms. The van der Waals surface area contributed by atoms with Crippen LogP contribution in [0.15, 0.2) is 18.3 Å². The molecule has 4 nitrogen and oxygen atoms in total. The number of anilines is 1. The fourth-order valence-corrected chi connectivity index (χ4v) is 2.75. The van der Waals surface area contributed by atoms with Crippen LogP contribution in [0.2, 0.25) is 0 Å².